The van der Waals surface area contributed by atoms with E-state index >= 15 is 0 Å². The van der Waals surface area contributed by atoms with Crippen molar-refractivity contribution in [3.63, 3.8) is 0 Å². The number of sulfonamides is 1. The van der Waals surface area contributed by atoms with Gasteiger partial charge in [0.25, 0.3) is 5.91 Å². The number of aryl methyl sites for hydroxylation is 1. The Bertz CT molecular complexity index is 937. The van der Waals surface area contributed by atoms with E-state index in [1.54, 1.807) is 6.92 Å². The summed E-state index contributed by atoms with van der Waals surface area (Å²) in [6.45, 7) is 3.44. The van der Waals surface area contributed by atoms with Gasteiger partial charge in [-0.05, 0) is 68.7 Å². The van der Waals surface area contributed by atoms with E-state index in [2.05, 4.69) is 10.0 Å². The second-order valence-electron chi connectivity index (χ2n) is 6.61. The Morgan fingerprint density at radius 2 is 1.88 bits per heavy atom. The molecule has 5 nitrogen and oxygen atoms in total. The van der Waals surface area contributed by atoms with Gasteiger partial charge >= 0.3 is 0 Å². The number of carbonyl (C=O) groups excluding carboxylic acids is 1. The molecular weight excluding hydrogens is 343 g/mol. The third-order valence-electron chi connectivity index (χ3n) is 4.20. The molecule has 1 saturated carbocycles. The third kappa shape index (κ3) is 4.05. The van der Waals surface area contributed by atoms with Crippen molar-refractivity contribution in [2.24, 2.45) is 0 Å². The number of nitrogens with one attached hydrogen (secondary N) is 2. The molecule has 0 aliphatic heterocycles. The summed E-state index contributed by atoms with van der Waals surface area (Å²) in [5.41, 5.74) is 0.686. The highest BCUT2D eigenvalue weighted by molar-refractivity contribution is 7.89. The first-order valence-corrected chi connectivity index (χ1v) is 9.38. The van der Waals surface area contributed by atoms with Crippen LogP contribution in [-0.2, 0) is 10.0 Å². The summed E-state index contributed by atoms with van der Waals surface area (Å²) < 4.78 is 40.8. The van der Waals surface area contributed by atoms with Crippen molar-refractivity contribution in [1.82, 2.24) is 4.72 Å². The van der Waals surface area contributed by atoms with E-state index in [1.807, 2.05) is 6.92 Å². The Balaban J connectivity index is 1.80. The van der Waals surface area contributed by atoms with Crippen molar-refractivity contribution in [2.75, 3.05) is 5.32 Å². The summed E-state index contributed by atoms with van der Waals surface area (Å²) in [5, 5.41) is 2.64. The lowest BCUT2D eigenvalue weighted by molar-refractivity contribution is 0.102. The first-order valence-electron chi connectivity index (χ1n) is 7.90. The van der Waals surface area contributed by atoms with Crippen molar-refractivity contribution < 1.29 is 17.6 Å². The minimum absolute atomic E-state index is 0.0450. The fourth-order valence-electron chi connectivity index (χ4n) is 2.40. The van der Waals surface area contributed by atoms with Gasteiger partial charge in [-0.2, -0.15) is 0 Å². The second kappa shape index (κ2) is 6.24. The van der Waals surface area contributed by atoms with Gasteiger partial charge in [-0.15, -0.1) is 0 Å². The molecule has 0 unspecified atom stereocenters. The van der Waals surface area contributed by atoms with Crippen LogP contribution < -0.4 is 10.0 Å². The maximum Gasteiger partial charge on any atom is 0.255 e. The number of carbonyl (C=O) groups is 1. The van der Waals surface area contributed by atoms with Crippen LogP contribution in [0.3, 0.4) is 0 Å². The van der Waals surface area contributed by atoms with E-state index in [4.69, 9.17) is 0 Å². The van der Waals surface area contributed by atoms with Crippen LogP contribution in [0.15, 0.2) is 47.4 Å². The predicted octanol–water partition coefficient (Wildman–Crippen LogP) is 3.22. The minimum atomic E-state index is -3.68. The van der Waals surface area contributed by atoms with E-state index in [-0.39, 0.29) is 21.8 Å². The average molecular weight is 362 g/mol. The van der Waals surface area contributed by atoms with Crippen LogP contribution in [-0.4, -0.2) is 19.9 Å². The molecule has 132 valence electrons. The first-order chi connectivity index (χ1) is 11.7. The number of benzene rings is 2. The fourth-order valence-corrected chi connectivity index (χ4v) is 3.91. The predicted molar refractivity (Wildman–Crippen MR) is 93.5 cm³/mol. The molecule has 0 aromatic heterocycles. The molecule has 1 amide bonds. The van der Waals surface area contributed by atoms with Gasteiger partial charge in [0.2, 0.25) is 10.0 Å². The van der Waals surface area contributed by atoms with E-state index < -0.39 is 15.9 Å². The van der Waals surface area contributed by atoms with Crippen LogP contribution in [0.2, 0.25) is 0 Å². The average Bonchev–Trinajstić information content (AvgIpc) is 3.27. The standard InChI is InChI=1S/C18H19FN2O3S/c1-12-10-14(6-7-16(12)19)20-17(22)13-4-3-5-15(11-13)25(23,24)21-18(2)8-9-18/h3-7,10-11,21H,8-9H2,1-2H3,(H,20,22). The molecule has 0 saturated heterocycles. The number of hydrogen-bond acceptors (Lipinski definition) is 3. The summed E-state index contributed by atoms with van der Waals surface area (Å²) in [6, 6.07) is 10.1. The fraction of sp³-hybridized carbons (Fsp3) is 0.278. The van der Waals surface area contributed by atoms with Crippen LogP contribution in [0.5, 0.6) is 0 Å². The van der Waals surface area contributed by atoms with Crippen LogP contribution in [0.4, 0.5) is 10.1 Å². The highest BCUT2D eigenvalue weighted by atomic mass is 32.2. The van der Waals surface area contributed by atoms with E-state index in [9.17, 15) is 17.6 Å². The number of hydrogen-bond donors (Lipinski definition) is 2. The molecule has 2 aromatic rings. The van der Waals surface area contributed by atoms with Gasteiger partial charge in [-0.3, -0.25) is 4.79 Å². The monoisotopic (exact) mass is 362 g/mol. The van der Waals surface area contributed by atoms with Gasteiger partial charge in [-0.25, -0.2) is 17.5 Å². The van der Waals surface area contributed by atoms with Crippen LogP contribution in [0, 0.1) is 12.7 Å². The lowest BCUT2D eigenvalue weighted by Crippen LogP contribution is -2.34. The number of rotatable bonds is 5. The zero-order valence-corrected chi connectivity index (χ0v) is 14.8. The van der Waals surface area contributed by atoms with Crippen LogP contribution >= 0.6 is 0 Å². The van der Waals surface area contributed by atoms with Crippen molar-refractivity contribution in [2.45, 2.75) is 37.1 Å². The molecule has 2 aromatic carbocycles. The Morgan fingerprint density at radius 3 is 2.52 bits per heavy atom. The van der Waals surface area contributed by atoms with Crippen molar-refractivity contribution in [3.05, 3.63) is 59.4 Å². The molecule has 2 N–H and O–H groups in total. The zero-order valence-electron chi connectivity index (χ0n) is 14.0. The van der Waals surface area contributed by atoms with Gasteiger partial charge in [0.1, 0.15) is 5.82 Å². The highest BCUT2D eigenvalue weighted by Gasteiger charge is 2.41. The maximum atomic E-state index is 13.3. The molecule has 25 heavy (non-hydrogen) atoms. The smallest absolute Gasteiger partial charge is 0.255 e. The van der Waals surface area contributed by atoms with Gasteiger partial charge in [-0.1, -0.05) is 6.07 Å². The molecule has 0 heterocycles. The normalized spacial score (nSPS) is 15.6. The van der Waals surface area contributed by atoms with Gasteiger partial charge in [0.05, 0.1) is 4.90 Å². The first kappa shape index (κ1) is 17.6. The molecular formula is C18H19FN2O3S. The summed E-state index contributed by atoms with van der Waals surface area (Å²) in [7, 11) is -3.68. The Morgan fingerprint density at radius 1 is 1.16 bits per heavy atom. The summed E-state index contributed by atoms with van der Waals surface area (Å²) in [6.07, 6.45) is 1.60. The topological polar surface area (TPSA) is 75.3 Å². The Labute approximate surface area is 146 Å². The molecule has 1 fully saturated rings. The van der Waals surface area contributed by atoms with Gasteiger partial charge < -0.3 is 5.32 Å². The molecule has 0 spiro atoms. The molecule has 0 bridgehead atoms. The van der Waals surface area contributed by atoms with Gasteiger partial charge in [0, 0.05) is 16.8 Å². The number of amides is 1. The largest absolute Gasteiger partial charge is 0.322 e. The quantitative estimate of drug-likeness (QED) is 0.858. The lowest BCUT2D eigenvalue weighted by Gasteiger charge is -2.13. The summed E-state index contributed by atoms with van der Waals surface area (Å²) in [4.78, 5) is 12.4. The van der Waals surface area contributed by atoms with Crippen LogP contribution in [0.25, 0.3) is 0 Å². The van der Waals surface area contributed by atoms with Crippen LogP contribution in [0.1, 0.15) is 35.7 Å². The molecule has 1 aliphatic rings. The van der Waals surface area contributed by atoms with Gasteiger partial charge in [0.15, 0.2) is 0 Å². The van der Waals surface area contributed by atoms with E-state index in [0.29, 0.717) is 11.3 Å². The Kier molecular flexibility index (Phi) is 4.38. The minimum Gasteiger partial charge on any atom is -0.322 e. The van der Waals surface area contributed by atoms with E-state index in [0.717, 1.165) is 12.8 Å². The zero-order chi connectivity index (χ0) is 18.2. The highest BCUT2D eigenvalue weighted by Crippen LogP contribution is 2.36. The SMILES string of the molecule is Cc1cc(NC(=O)c2cccc(S(=O)(=O)NC3(C)CC3)c2)ccc1F. The van der Waals surface area contributed by atoms with Crippen molar-refractivity contribution >= 4 is 21.6 Å². The maximum absolute atomic E-state index is 13.3. The Hall–Kier alpha value is -2.25. The van der Waals surface area contributed by atoms with Crippen molar-refractivity contribution in [1.29, 1.82) is 0 Å². The molecule has 0 radical (unpaired) electrons. The van der Waals surface area contributed by atoms with E-state index in [1.165, 1.54) is 42.5 Å². The number of anilines is 1. The molecule has 3 rings (SSSR count). The third-order valence-corrected chi connectivity index (χ3v) is 5.84. The summed E-state index contributed by atoms with van der Waals surface area (Å²) >= 11 is 0. The molecule has 7 heteroatoms. The lowest BCUT2D eigenvalue weighted by atomic mass is 10.2. The van der Waals surface area contributed by atoms with Crippen molar-refractivity contribution in [3.8, 4) is 0 Å². The molecule has 0 atom stereocenters. The summed E-state index contributed by atoms with van der Waals surface area (Å²) in [5.74, 6) is -0.813. The number of halogens is 1. The molecule has 1 aliphatic carbocycles. The second-order valence-corrected chi connectivity index (χ2v) is 8.29.